The zero-order chi connectivity index (χ0) is 18.0. The molecule has 25 heavy (non-hydrogen) atoms. The predicted octanol–water partition coefficient (Wildman–Crippen LogP) is 3.69. The molecular weight excluding hydrogens is 318 g/mol. The lowest BCUT2D eigenvalue weighted by Gasteiger charge is -2.10. The number of carbonyl (C=O) groups is 1. The van der Waals surface area contributed by atoms with Crippen molar-refractivity contribution in [3.05, 3.63) is 58.6 Å². The van der Waals surface area contributed by atoms with Crippen LogP contribution in [-0.4, -0.2) is 21.0 Å². The van der Waals surface area contributed by atoms with Gasteiger partial charge >= 0.3 is 0 Å². The Kier molecular flexibility index (Phi) is 4.47. The molecule has 7 nitrogen and oxygen atoms in total. The van der Waals surface area contributed by atoms with E-state index in [0.29, 0.717) is 23.2 Å². The lowest BCUT2D eigenvalue weighted by molar-refractivity contribution is 0.102. The monoisotopic (exact) mass is 337 g/mol. The van der Waals surface area contributed by atoms with Crippen LogP contribution < -0.4 is 10.6 Å². The first-order chi connectivity index (χ1) is 11.9. The van der Waals surface area contributed by atoms with Gasteiger partial charge in [0.15, 0.2) is 5.82 Å². The molecule has 3 aromatic rings. The number of benzene rings is 1. The van der Waals surface area contributed by atoms with E-state index in [1.54, 1.807) is 19.1 Å². The topological polar surface area (TPSA) is 92.9 Å². The Bertz CT molecular complexity index is 933. The van der Waals surface area contributed by atoms with Crippen LogP contribution in [0, 0.1) is 27.7 Å². The molecule has 0 unspecified atom stereocenters. The Hall–Kier alpha value is -3.22. The molecular formula is C18H19N5O2. The molecule has 128 valence electrons. The van der Waals surface area contributed by atoms with E-state index in [4.69, 9.17) is 4.52 Å². The molecule has 0 spiro atoms. The van der Waals surface area contributed by atoms with E-state index in [-0.39, 0.29) is 11.6 Å². The number of anilines is 3. The van der Waals surface area contributed by atoms with Gasteiger partial charge in [0.05, 0.1) is 0 Å². The molecule has 0 bridgehead atoms. The Morgan fingerprint density at radius 2 is 1.84 bits per heavy atom. The molecule has 0 radical (unpaired) electrons. The summed E-state index contributed by atoms with van der Waals surface area (Å²) < 4.78 is 4.94. The summed E-state index contributed by atoms with van der Waals surface area (Å²) in [6.07, 6.45) is 0. The molecule has 7 heteroatoms. The van der Waals surface area contributed by atoms with E-state index in [9.17, 15) is 4.79 Å². The predicted molar refractivity (Wildman–Crippen MR) is 95.2 cm³/mol. The van der Waals surface area contributed by atoms with Gasteiger partial charge in [0.25, 0.3) is 5.91 Å². The van der Waals surface area contributed by atoms with Crippen LogP contribution in [0.4, 0.5) is 17.5 Å². The number of carbonyl (C=O) groups excluding carboxylic acids is 1. The van der Waals surface area contributed by atoms with Crippen molar-refractivity contribution in [3.8, 4) is 0 Å². The molecule has 1 aromatic carbocycles. The number of hydrogen-bond acceptors (Lipinski definition) is 6. The Morgan fingerprint density at radius 3 is 2.52 bits per heavy atom. The number of nitrogens with one attached hydrogen (secondary N) is 2. The zero-order valence-electron chi connectivity index (χ0n) is 14.5. The summed E-state index contributed by atoms with van der Waals surface area (Å²) in [5.41, 5.74) is 4.09. The third kappa shape index (κ3) is 4.00. The van der Waals surface area contributed by atoms with E-state index >= 15 is 0 Å². The normalized spacial score (nSPS) is 10.6. The number of amides is 1. The van der Waals surface area contributed by atoms with Crippen LogP contribution in [-0.2, 0) is 0 Å². The van der Waals surface area contributed by atoms with E-state index in [1.165, 1.54) is 5.56 Å². The highest BCUT2D eigenvalue weighted by molar-refractivity contribution is 6.02. The fourth-order valence-electron chi connectivity index (χ4n) is 2.42. The maximum absolute atomic E-state index is 12.4. The highest BCUT2D eigenvalue weighted by Crippen LogP contribution is 2.20. The van der Waals surface area contributed by atoms with Crippen molar-refractivity contribution in [2.24, 2.45) is 0 Å². The molecule has 3 rings (SSSR count). The van der Waals surface area contributed by atoms with Crippen molar-refractivity contribution >= 4 is 23.4 Å². The van der Waals surface area contributed by atoms with Crippen molar-refractivity contribution < 1.29 is 9.32 Å². The van der Waals surface area contributed by atoms with Gasteiger partial charge in [0.1, 0.15) is 11.5 Å². The second-order valence-electron chi connectivity index (χ2n) is 5.94. The summed E-state index contributed by atoms with van der Waals surface area (Å²) in [4.78, 5) is 21.0. The van der Waals surface area contributed by atoms with Crippen LogP contribution in [0.3, 0.4) is 0 Å². The largest absolute Gasteiger partial charge is 0.360 e. The summed E-state index contributed by atoms with van der Waals surface area (Å²) >= 11 is 0. The molecule has 0 aliphatic rings. The van der Waals surface area contributed by atoms with Crippen molar-refractivity contribution in [1.29, 1.82) is 0 Å². The van der Waals surface area contributed by atoms with Crippen molar-refractivity contribution in [2.45, 2.75) is 27.7 Å². The van der Waals surface area contributed by atoms with Gasteiger partial charge < -0.3 is 15.2 Å². The third-order valence-corrected chi connectivity index (χ3v) is 3.58. The molecule has 2 heterocycles. The van der Waals surface area contributed by atoms with Gasteiger partial charge in [-0.05, 0) is 45.4 Å². The van der Waals surface area contributed by atoms with Crippen LogP contribution in [0.25, 0.3) is 0 Å². The van der Waals surface area contributed by atoms with Gasteiger partial charge in [0, 0.05) is 17.4 Å². The average molecular weight is 337 g/mol. The minimum Gasteiger partial charge on any atom is -0.360 e. The second-order valence-corrected chi connectivity index (χ2v) is 5.94. The Balaban J connectivity index is 1.83. The van der Waals surface area contributed by atoms with Gasteiger partial charge in [-0.1, -0.05) is 22.9 Å². The lowest BCUT2D eigenvalue weighted by atomic mass is 10.1. The number of nitrogens with zero attached hydrogens (tertiary/aromatic N) is 3. The fourth-order valence-corrected chi connectivity index (χ4v) is 2.42. The molecule has 1 amide bonds. The first-order valence-electron chi connectivity index (χ1n) is 7.85. The highest BCUT2D eigenvalue weighted by Gasteiger charge is 2.13. The lowest BCUT2D eigenvalue weighted by Crippen LogP contribution is -2.15. The minimum atomic E-state index is -0.373. The summed E-state index contributed by atoms with van der Waals surface area (Å²) in [5, 5.41) is 9.57. The molecule has 0 atom stereocenters. The maximum Gasteiger partial charge on any atom is 0.275 e. The molecule has 0 saturated heterocycles. The maximum atomic E-state index is 12.4. The standard InChI is InChI=1S/C18H19N5O2/c1-10-5-6-14(11(2)7-10)20-18-19-12(3)8-15(21-18)17(24)22-16-9-13(4)25-23-16/h5-9H,1-4H3,(H,19,20,21)(H,22,23,24). The number of rotatable bonds is 4. The SMILES string of the molecule is Cc1ccc(Nc2nc(C)cc(C(=O)Nc3cc(C)on3)n2)c(C)c1. The van der Waals surface area contributed by atoms with Gasteiger partial charge in [-0.25, -0.2) is 9.97 Å². The summed E-state index contributed by atoms with van der Waals surface area (Å²) in [5.74, 6) is 0.963. The van der Waals surface area contributed by atoms with E-state index in [1.807, 2.05) is 32.9 Å². The number of hydrogen-bond donors (Lipinski definition) is 2. The first kappa shape index (κ1) is 16.6. The minimum absolute atomic E-state index is 0.250. The van der Waals surface area contributed by atoms with Crippen LogP contribution in [0.2, 0.25) is 0 Å². The van der Waals surface area contributed by atoms with Crippen molar-refractivity contribution in [2.75, 3.05) is 10.6 Å². The van der Waals surface area contributed by atoms with Gasteiger partial charge in [0.2, 0.25) is 5.95 Å². The van der Waals surface area contributed by atoms with E-state index in [0.717, 1.165) is 11.3 Å². The van der Waals surface area contributed by atoms with Gasteiger partial charge in [-0.2, -0.15) is 0 Å². The van der Waals surface area contributed by atoms with Crippen molar-refractivity contribution in [3.63, 3.8) is 0 Å². The van der Waals surface area contributed by atoms with Crippen LogP contribution >= 0.6 is 0 Å². The van der Waals surface area contributed by atoms with Crippen LogP contribution in [0.1, 0.15) is 33.1 Å². The highest BCUT2D eigenvalue weighted by atomic mass is 16.5. The van der Waals surface area contributed by atoms with E-state index < -0.39 is 0 Å². The first-order valence-corrected chi connectivity index (χ1v) is 7.85. The summed E-state index contributed by atoms with van der Waals surface area (Å²) in [6, 6.07) is 9.30. The van der Waals surface area contributed by atoms with E-state index in [2.05, 4.69) is 31.8 Å². The Labute approximate surface area is 145 Å². The van der Waals surface area contributed by atoms with Gasteiger partial charge in [-0.3, -0.25) is 4.79 Å². The number of aryl methyl sites for hydroxylation is 4. The zero-order valence-corrected chi connectivity index (χ0v) is 14.5. The number of aromatic nitrogens is 3. The third-order valence-electron chi connectivity index (χ3n) is 3.58. The molecule has 0 saturated carbocycles. The van der Waals surface area contributed by atoms with Crippen molar-refractivity contribution in [1.82, 2.24) is 15.1 Å². The molecule has 2 aromatic heterocycles. The smallest absolute Gasteiger partial charge is 0.275 e. The quantitative estimate of drug-likeness (QED) is 0.754. The second kappa shape index (κ2) is 6.72. The molecule has 0 aliphatic heterocycles. The molecule has 0 aliphatic carbocycles. The average Bonchev–Trinajstić information content (AvgIpc) is 2.94. The van der Waals surface area contributed by atoms with Crippen LogP contribution in [0.5, 0.6) is 0 Å². The Morgan fingerprint density at radius 1 is 1.04 bits per heavy atom. The summed E-state index contributed by atoms with van der Waals surface area (Å²) in [7, 11) is 0. The van der Waals surface area contributed by atoms with Crippen LogP contribution in [0.15, 0.2) is 34.9 Å². The fraction of sp³-hybridized carbons (Fsp3) is 0.222. The summed E-state index contributed by atoms with van der Waals surface area (Å²) in [6.45, 7) is 7.61. The molecule has 2 N–H and O–H groups in total. The van der Waals surface area contributed by atoms with Gasteiger partial charge in [-0.15, -0.1) is 0 Å². The molecule has 0 fully saturated rings.